The number of nitro benzene ring substituents is 1. The zero-order chi connectivity index (χ0) is 29.7. The molecule has 43 heavy (non-hydrogen) atoms. The molecule has 3 heterocycles. The molecule has 0 unspecified atom stereocenters. The fourth-order valence-electron chi connectivity index (χ4n) is 5.89. The van der Waals surface area contributed by atoms with Crippen LogP contribution < -0.4 is 24.4 Å². The molecule has 0 saturated carbocycles. The van der Waals surface area contributed by atoms with Gasteiger partial charge in [-0.25, -0.2) is 4.99 Å². The third-order valence-electron chi connectivity index (χ3n) is 7.87. The van der Waals surface area contributed by atoms with Gasteiger partial charge in [0.15, 0.2) is 4.80 Å². The van der Waals surface area contributed by atoms with Gasteiger partial charge in [0.1, 0.15) is 23.0 Å². The summed E-state index contributed by atoms with van der Waals surface area (Å²) in [4.78, 5) is 31.0. The zero-order valence-corrected chi connectivity index (χ0v) is 24.1. The van der Waals surface area contributed by atoms with Crippen LogP contribution in [-0.4, -0.2) is 23.7 Å². The van der Waals surface area contributed by atoms with Crippen molar-refractivity contribution in [2.24, 2.45) is 4.99 Å². The Balaban J connectivity index is 1.39. The van der Waals surface area contributed by atoms with Crippen LogP contribution in [0, 0.1) is 10.1 Å². The van der Waals surface area contributed by atoms with Gasteiger partial charge >= 0.3 is 0 Å². The van der Waals surface area contributed by atoms with Crippen molar-refractivity contribution in [3.63, 3.8) is 0 Å². The Morgan fingerprint density at radius 3 is 2.63 bits per heavy atom. The number of allylic oxidation sites excluding steroid dienone is 1. The summed E-state index contributed by atoms with van der Waals surface area (Å²) in [6.45, 7) is 0. The van der Waals surface area contributed by atoms with Crippen molar-refractivity contribution in [2.75, 3.05) is 14.2 Å². The summed E-state index contributed by atoms with van der Waals surface area (Å²) < 4.78 is 19.1. The number of para-hydroxylation sites is 1. The summed E-state index contributed by atoms with van der Waals surface area (Å²) in [5.41, 5.74) is 5.17. The Labute approximate surface area is 249 Å². The number of furan rings is 1. The number of aryl methyl sites for hydroxylation is 1. The first-order valence-electron chi connectivity index (χ1n) is 13.7. The second kappa shape index (κ2) is 10.6. The molecule has 2 aromatic heterocycles. The summed E-state index contributed by atoms with van der Waals surface area (Å²) in [7, 11) is 3.09. The number of benzene rings is 3. The molecule has 1 aliphatic heterocycles. The van der Waals surface area contributed by atoms with Gasteiger partial charge in [0.05, 0.1) is 47.0 Å². The zero-order valence-electron chi connectivity index (χ0n) is 23.3. The van der Waals surface area contributed by atoms with E-state index < -0.39 is 4.92 Å². The van der Waals surface area contributed by atoms with Crippen molar-refractivity contribution in [2.45, 2.75) is 18.9 Å². The van der Waals surface area contributed by atoms with Gasteiger partial charge in [-0.2, -0.15) is 0 Å². The smallest absolute Gasteiger partial charge is 0.284 e. The van der Waals surface area contributed by atoms with E-state index >= 15 is 0 Å². The number of ether oxygens (including phenoxy) is 2. The quantitative estimate of drug-likeness (QED) is 0.191. The first-order valence-corrected chi connectivity index (χ1v) is 14.5. The van der Waals surface area contributed by atoms with Crippen LogP contribution in [0.2, 0.25) is 0 Å². The minimum absolute atomic E-state index is 0.137. The number of rotatable bonds is 6. The third kappa shape index (κ3) is 4.47. The Kier molecular flexibility index (Phi) is 6.55. The van der Waals surface area contributed by atoms with Crippen molar-refractivity contribution < 1.29 is 18.8 Å². The standard InChI is InChI=1S/C33H25N3O6S/c1-40-20-12-15-23(26(17-20)36(38)39)28-16-13-21(42-28)18-29-32(37)35-31(24-9-5-6-10-27(24)41-2)25-14-11-19-7-3-4-8-22(19)30(25)34-33(35)43-29/h3-10,12-13,15-18,31H,11,14H2,1-2H3/b29-18-/t31-/m0/s1. The monoisotopic (exact) mass is 591 g/mol. The second-order valence-corrected chi connectivity index (χ2v) is 11.2. The summed E-state index contributed by atoms with van der Waals surface area (Å²) in [5, 5.41) is 11.7. The molecule has 0 N–H and O–H groups in total. The van der Waals surface area contributed by atoms with Crippen LogP contribution in [0.5, 0.6) is 11.5 Å². The number of hydrogen-bond donors (Lipinski definition) is 0. The Hall–Kier alpha value is -5.22. The number of nitrogens with zero attached hydrogens (tertiary/aromatic N) is 3. The maximum absolute atomic E-state index is 14.1. The molecule has 10 heteroatoms. The third-order valence-corrected chi connectivity index (χ3v) is 8.86. The van der Waals surface area contributed by atoms with Gasteiger partial charge in [0.25, 0.3) is 11.2 Å². The summed E-state index contributed by atoms with van der Waals surface area (Å²) in [6, 6.07) is 23.6. The van der Waals surface area contributed by atoms with E-state index in [0.29, 0.717) is 37.9 Å². The van der Waals surface area contributed by atoms with Crippen LogP contribution in [-0.2, 0) is 6.42 Å². The lowest BCUT2D eigenvalue weighted by atomic mass is 9.83. The van der Waals surface area contributed by atoms with Crippen LogP contribution in [0.15, 0.2) is 98.6 Å². The molecule has 0 bridgehead atoms. The predicted octanol–water partition coefficient (Wildman–Crippen LogP) is 5.50. The Morgan fingerprint density at radius 2 is 1.81 bits per heavy atom. The predicted molar refractivity (Wildman–Crippen MR) is 163 cm³/mol. The molecule has 1 aliphatic carbocycles. The maximum Gasteiger partial charge on any atom is 0.284 e. The average molecular weight is 592 g/mol. The highest BCUT2D eigenvalue weighted by Crippen LogP contribution is 2.43. The lowest BCUT2D eigenvalue weighted by Crippen LogP contribution is -2.38. The van der Waals surface area contributed by atoms with Crippen LogP contribution in [0.3, 0.4) is 0 Å². The van der Waals surface area contributed by atoms with Crippen molar-refractivity contribution >= 4 is 28.8 Å². The number of nitro groups is 1. The molecule has 2 aliphatic rings. The Bertz CT molecular complexity index is 2140. The van der Waals surface area contributed by atoms with E-state index in [9.17, 15) is 14.9 Å². The molecular formula is C33H25N3O6S. The number of aromatic nitrogens is 1. The van der Waals surface area contributed by atoms with E-state index in [1.54, 1.807) is 42.0 Å². The van der Waals surface area contributed by atoms with E-state index in [0.717, 1.165) is 35.2 Å². The minimum Gasteiger partial charge on any atom is -0.497 e. The molecule has 0 radical (unpaired) electrons. The maximum atomic E-state index is 14.1. The van der Waals surface area contributed by atoms with Crippen LogP contribution in [0.25, 0.3) is 23.1 Å². The van der Waals surface area contributed by atoms with Gasteiger partial charge in [0, 0.05) is 17.2 Å². The highest BCUT2D eigenvalue weighted by Gasteiger charge is 2.34. The van der Waals surface area contributed by atoms with Gasteiger partial charge < -0.3 is 13.9 Å². The SMILES string of the molecule is COc1ccc(-c2ccc(/C=c3\sc4n(c3=O)[C@@H](c3ccccc3OC)C3=C(N=4)c4ccccc4CC3)o2)c([N+](=O)[O-])c1. The molecule has 0 amide bonds. The highest BCUT2D eigenvalue weighted by molar-refractivity contribution is 7.07. The fourth-order valence-corrected chi connectivity index (χ4v) is 6.87. The van der Waals surface area contributed by atoms with Crippen LogP contribution in [0.4, 0.5) is 5.69 Å². The average Bonchev–Trinajstić information content (AvgIpc) is 3.63. The van der Waals surface area contributed by atoms with Gasteiger partial charge in [-0.05, 0) is 54.3 Å². The lowest BCUT2D eigenvalue weighted by Gasteiger charge is -2.31. The fraction of sp³-hybridized carbons (Fsp3) is 0.152. The van der Waals surface area contributed by atoms with Gasteiger partial charge in [0.2, 0.25) is 0 Å². The molecular weight excluding hydrogens is 566 g/mol. The molecule has 0 spiro atoms. The van der Waals surface area contributed by atoms with E-state index in [2.05, 4.69) is 12.1 Å². The minimum atomic E-state index is -0.476. The van der Waals surface area contributed by atoms with Crippen molar-refractivity contribution in [1.29, 1.82) is 0 Å². The van der Waals surface area contributed by atoms with Crippen LogP contribution in [0.1, 0.15) is 34.9 Å². The highest BCUT2D eigenvalue weighted by atomic mass is 32.1. The van der Waals surface area contributed by atoms with Crippen molar-refractivity contribution in [3.8, 4) is 22.8 Å². The largest absolute Gasteiger partial charge is 0.497 e. The molecule has 0 saturated heterocycles. The van der Waals surface area contributed by atoms with E-state index in [1.165, 1.54) is 30.1 Å². The molecule has 0 fully saturated rings. The normalized spacial score (nSPS) is 15.8. The topological polar surface area (TPSA) is 109 Å². The summed E-state index contributed by atoms with van der Waals surface area (Å²) in [6.07, 6.45) is 3.29. The Morgan fingerprint density at radius 1 is 1.00 bits per heavy atom. The molecule has 3 aromatic carbocycles. The van der Waals surface area contributed by atoms with Gasteiger partial charge in [-0.3, -0.25) is 19.5 Å². The van der Waals surface area contributed by atoms with E-state index in [1.807, 2.05) is 36.4 Å². The van der Waals surface area contributed by atoms with Gasteiger partial charge in [-0.15, -0.1) is 0 Å². The van der Waals surface area contributed by atoms with Crippen molar-refractivity contribution in [1.82, 2.24) is 4.57 Å². The first-order chi connectivity index (χ1) is 21.0. The van der Waals surface area contributed by atoms with Crippen LogP contribution >= 0.6 is 11.3 Å². The first kappa shape index (κ1) is 26.7. The second-order valence-electron chi connectivity index (χ2n) is 10.2. The lowest BCUT2D eigenvalue weighted by molar-refractivity contribution is -0.384. The summed E-state index contributed by atoms with van der Waals surface area (Å²) in [5.74, 6) is 1.78. The number of thiazole rings is 1. The number of fused-ring (bicyclic) bond motifs is 3. The summed E-state index contributed by atoms with van der Waals surface area (Å²) >= 11 is 1.29. The molecule has 9 nitrogen and oxygen atoms in total. The van der Waals surface area contributed by atoms with E-state index in [4.69, 9.17) is 18.9 Å². The number of methoxy groups -OCH3 is 2. The number of hydrogen-bond acceptors (Lipinski definition) is 8. The van der Waals surface area contributed by atoms with Crippen molar-refractivity contribution in [3.05, 3.63) is 137 Å². The molecule has 1 atom stereocenters. The van der Waals surface area contributed by atoms with Gasteiger partial charge in [-0.1, -0.05) is 53.8 Å². The van der Waals surface area contributed by atoms with E-state index in [-0.39, 0.29) is 17.3 Å². The molecule has 7 rings (SSSR count). The molecule has 5 aromatic rings. The molecule has 214 valence electrons.